The first-order chi connectivity index (χ1) is 11.7. The number of aromatic nitrogens is 3. The molecule has 0 radical (unpaired) electrons. The Kier molecular flexibility index (Phi) is 5.58. The van der Waals surface area contributed by atoms with Crippen molar-refractivity contribution < 1.29 is 4.74 Å². The van der Waals surface area contributed by atoms with E-state index < -0.39 is 0 Å². The summed E-state index contributed by atoms with van der Waals surface area (Å²) < 4.78 is 8.35. The highest BCUT2D eigenvalue weighted by atomic mass is 79.9. The highest BCUT2D eigenvalue weighted by Crippen LogP contribution is 2.23. The Bertz CT molecular complexity index is 800. The zero-order valence-corrected chi connectivity index (χ0v) is 16.0. The molecule has 1 aromatic heterocycles. The molecule has 2 aromatic carbocycles. The van der Waals surface area contributed by atoms with E-state index in [0.29, 0.717) is 0 Å². The van der Waals surface area contributed by atoms with Gasteiger partial charge in [-0.3, -0.25) is 0 Å². The zero-order valence-electron chi connectivity index (χ0n) is 13.6. The number of halogens is 1. The van der Waals surface area contributed by atoms with Gasteiger partial charge in [0.25, 0.3) is 0 Å². The summed E-state index contributed by atoms with van der Waals surface area (Å²) in [6.07, 6.45) is 0.756. The average Bonchev–Trinajstić information content (AvgIpc) is 2.95. The Hall–Kier alpha value is -1.79. The maximum absolute atomic E-state index is 5.19. The second kappa shape index (κ2) is 7.85. The Balaban J connectivity index is 1.65. The molecule has 0 aliphatic rings. The summed E-state index contributed by atoms with van der Waals surface area (Å²) in [4.78, 5) is 0. The molecule has 0 N–H and O–H groups in total. The lowest BCUT2D eigenvalue weighted by Gasteiger charge is -2.05. The Labute approximate surface area is 154 Å². The summed E-state index contributed by atoms with van der Waals surface area (Å²) in [6.45, 7) is 0. The molecule has 4 nitrogen and oxygen atoms in total. The van der Waals surface area contributed by atoms with Crippen LogP contribution in [-0.4, -0.2) is 21.9 Å². The van der Waals surface area contributed by atoms with E-state index in [9.17, 15) is 0 Å². The van der Waals surface area contributed by atoms with Gasteiger partial charge in [-0.05, 0) is 35.4 Å². The van der Waals surface area contributed by atoms with E-state index in [4.69, 9.17) is 4.74 Å². The van der Waals surface area contributed by atoms with Gasteiger partial charge in [0.1, 0.15) is 11.6 Å². The van der Waals surface area contributed by atoms with Gasteiger partial charge in [-0.15, -0.1) is 10.2 Å². The largest absolute Gasteiger partial charge is 0.497 e. The molecule has 0 spiro atoms. The zero-order chi connectivity index (χ0) is 16.9. The lowest BCUT2D eigenvalue weighted by molar-refractivity contribution is 0.414. The Morgan fingerprint density at radius 2 is 1.67 bits per heavy atom. The van der Waals surface area contributed by atoms with Crippen molar-refractivity contribution in [1.29, 1.82) is 0 Å². The van der Waals surface area contributed by atoms with E-state index in [1.54, 1.807) is 18.9 Å². The van der Waals surface area contributed by atoms with Crippen LogP contribution in [0, 0.1) is 0 Å². The van der Waals surface area contributed by atoms with Crippen molar-refractivity contribution in [3.8, 4) is 5.75 Å². The van der Waals surface area contributed by atoms with Gasteiger partial charge in [-0.25, -0.2) is 0 Å². The van der Waals surface area contributed by atoms with Crippen molar-refractivity contribution in [3.05, 3.63) is 70.0 Å². The monoisotopic (exact) mass is 403 g/mol. The van der Waals surface area contributed by atoms with Crippen LogP contribution in [0.5, 0.6) is 5.75 Å². The maximum Gasteiger partial charge on any atom is 0.191 e. The summed E-state index contributed by atoms with van der Waals surface area (Å²) in [7, 11) is 3.69. The number of ether oxygens (including phenoxy) is 1. The molecule has 0 fully saturated rings. The van der Waals surface area contributed by atoms with E-state index in [1.807, 2.05) is 19.2 Å². The van der Waals surface area contributed by atoms with Crippen LogP contribution in [0.25, 0.3) is 0 Å². The first kappa shape index (κ1) is 17.0. The minimum Gasteiger partial charge on any atom is -0.497 e. The van der Waals surface area contributed by atoms with E-state index in [-0.39, 0.29) is 0 Å². The van der Waals surface area contributed by atoms with Crippen LogP contribution < -0.4 is 4.74 Å². The van der Waals surface area contributed by atoms with Crippen molar-refractivity contribution in [2.45, 2.75) is 17.3 Å². The van der Waals surface area contributed by atoms with Gasteiger partial charge in [-0.2, -0.15) is 0 Å². The Morgan fingerprint density at radius 1 is 1.00 bits per heavy atom. The molecule has 24 heavy (non-hydrogen) atoms. The molecule has 0 aliphatic heterocycles. The molecule has 6 heteroatoms. The molecule has 1 heterocycles. The highest BCUT2D eigenvalue weighted by molar-refractivity contribution is 9.10. The smallest absolute Gasteiger partial charge is 0.191 e. The van der Waals surface area contributed by atoms with Crippen LogP contribution in [0.4, 0.5) is 0 Å². The van der Waals surface area contributed by atoms with Crippen LogP contribution in [0.3, 0.4) is 0 Å². The van der Waals surface area contributed by atoms with Crippen molar-refractivity contribution in [1.82, 2.24) is 14.8 Å². The van der Waals surface area contributed by atoms with Gasteiger partial charge in [0.05, 0.1) is 7.11 Å². The molecule has 0 unspecified atom stereocenters. The lowest BCUT2D eigenvalue weighted by atomic mass is 10.1. The fraction of sp³-hybridized carbons (Fsp3) is 0.222. The van der Waals surface area contributed by atoms with Crippen molar-refractivity contribution in [2.75, 3.05) is 7.11 Å². The van der Waals surface area contributed by atoms with Crippen molar-refractivity contribution in [3.63, 3.8) is 0 Å². The second-order valence-corrected chi connectivity index (χ2v) is 7.26. The van der Waals surface area contributed by atoms with Gasteiger partial charge in [0, 0.05) is 23.7 Å². The summed E-state index contributed by atoms with van der Waals surface area (Å²) in [5.41, 5.74) is 2.46. The predicted molar refractivity (Wildman–Crippen MR) is 101 cm³/mol. The fourth-order valence-corrected chi connectivity index (χ4v) is 3.43. The molecule has 0 saturated carbocycles. The third-order valence-electron chi connectivity index (χ3n) is 3.73. The lowest BCUT2D eigenvalue weighted by Crippen LogP contribution is -2.00. The molecule has 0 amide bonds. The first-order valence-corrected chi connectivity index (χ1v) is 9.32. The summed E-state index contributed by atoms with van der Waals surface area (Å²) >= 11 is 5.15. The SMILES string of the molecule is COc1ccc(Cc2nnc(SCc3ccc(Br)cc3)n2C)cc1. The maximum atomic E-state index is 5.19. The molecule has 0 saturated heterocycles. The first-order valence-electron chi connectivity index (χ1n) is 7.54. The quantitative estimate of drug-likeness (QED) is 0.569. The van der Waals surface area contributed by atoms with Crippen LogP contribution in [-0.2, 0) is 19.2 Å². The number of nitrogens with zero attached hydrogens (tertiary/aromatic N) is 3. The van der Waals surface area contributed by atoms with E-state index in [0.717, 1.165) is 33.4 Å². The third-order valence-corrected chi connectivity index (χ3v) is 5.35. The van der Waals surface area contributed by atoms with Gasteiger partial charge < -0.3 is 9.30 Å². The number of hydrogen-bond donors (Lipinski definition) is 0. The Morgan fingerprint density at radius 3 is 2.33 bits per heavy atom. The third kappa shape index (κ3) is 4.19. The van der Waals surface area contributed by atoms with Crippen molar-refractivity contribution >= 4 is 27.7 Å². The molecule has 3 aromatic rings. The minimum atomic E-state index is 0.756. The topological polar surface area (TPSA) is 39.9 Å². The molecule has 0 aliphatic carbocycles. The second-order valence-electron chi connectivity index (χ2n) is 5.40. The standard InChI is InChI=1S/C18H18BrN3OS/c1-22-17(11-13-5-9-16(23-2)10-6-13)20-21-18(22)24-12-14-3-7-15(19)8-4-14/h3-10H,11-12H2,1-2H3. The van der Waals surface area contributed by atoms with Crippen LogP contribution in [0.1, 0.15) is 17.0 Å². The van der Waals surface area contributed by atoms with Gasteiger partial charge in [-0.1, -0.05) is 52.0 Å². The average molecular weight is 404 g/mol. The summed E-state index contributed by atoms with van der Waals surface area (Å²) in [5.74, 6) is 2.70. The molecular weight excluding hydrogens is 386 g/mol. The highest BCUT2D eigenvalue weighted by Gasteiger charge is 2.10. The molecule has 124 valence electrons. The van der Waals surface area contributed by atoms with Gasteiger partial charge >= 0.3 is 0 Å². The van der Waals surface area contributed by atoms with Crippen LogP contribution in [0.15, 0.2) is 58.2 Å². The molecule has 0 bridgehead atoms. The number of benzene rings is 2. The normalized spacial score (nSPS) is 10.8. The number of methoxy groups -OCH3 is 1. The number of thioether (sulfide) groups is 1. The predicted octanol–water partition coefficient (Wildman–Crippen LogP) is 4.47. The van der Waals surface area contributed by atoms with Gasteiger partial charge in [0.15, 0.2) is 5.16 Å². The fourth-order valence-electron chi connectivity index (χ4n) is 2.28. The van der Waals surface area contributed by atoms with E-state index in [2.05, 4.69) is 67.1 Å². The number of rotatable bonds is 6. The van der Waals surface area contributed by atoms with Crippen LogP contribution in [0.2, 0.25) is 0 Å². The molecule has 3 rings (SSSR count). The molecular formula is C18H18BrN3OS. The molecule has 0 atom stereocenters. The minimum absolute atomic E-state index is 0.756. The summed E-state index contributed by atoms with van der Waals surface area (Å²) in [5, 5.41) is 9.59. The number of hydrogen-bond acceptors (Lipinski definition) is 4. The van der Waals surface area contributed by atoms with E-state index >= 15 is 0 Å². The van der Waals surface area contributed by atoms with E-state index in [1.165, 1.54) is 11.1 Å². The summed E-state index contributed by atoms with van der Waals surface area (Å²) in [6, 6.07) is 16.4. The van der Waals surface area contributed by atoms with Crippen LogP contribution >= 0.6 is 27.7 Å². The van der Waals surface area contributed by atoms with Gasteiger partial charge in [0.2, 0.25) is 0 Å². The van der Waals surface area contributed by atoms with Crippen molar-refractivity contribution in [2.24, 2.45) is 7.05 Å².